The average molecular weight is 307 g/mol. The Hall–Kier alpha value is -2.08. The molecule has 0 saturated heterocycles. The fourth-order valence-electron chi connectivity index (χ4n) is 1.82. The minimum Gasteiger partial charge on any atom is -0.345 e. The first kappa shape index (κ1) is 15.3. The van der Waals surface area contributed by atoms with Gasteiger partial charge in [-0.3, -0.25) is 4.98 Å². The first-order chi connectivity index (χ1) is 10.1. The van der Waals surface area contributed by atoms with Gasteiger partial charge >= 0.3 is 0 Å². The summed E-state index contributed by atoms with van der Waals surface area (Å²) in [5.74, 6) is -1.29. The number of thiocarbonyl (C=S) groups is 1. The molecule has 110 valence electrons. The zero-order valence-electron chi connectivity index (χ0n) is 11.5. The molecule has 0 atom stereocenters. The molecule has 1 aromatic heterocycles. The molecule has 0 aliphatic rings. The van der Waals surface area contributed by atoms with Crippen LogP contribution in [-0.2, 0) is 6.54 Å². The Morgan fingerprint density at radius 1 is 1.24 bits per heavy atom. The molecule has 1 heterocycles. The van der Waals surface area contributed by atoms with Crippen molar-refractivity contribution in [3.8, 4) is 0 Å². The van der Waals surface area contributed by atoms with Crippen LogP contribution in [0.15, 0.2) is 42.7 Å². The number of rotatable bonds is 4. The molecule has 2 rings (SSSR count). The highest BCUT2D eigenvalue weighted by molar-refractivity contribution is 7.80. The lowest BCUT2D eigenvalue weighted by atomic mass is 10.2. The van der Waals surface area contributed by atoms with E-state index >= 15 is 0 Å². The number of benzene rings is 1. The molecule has 0 radical (unpaired) electrons. The van der Waals surface area contributed by atoms with Gasteiger partial charge in [-0.15, -0.1) is 0 Å². The van der Waals surface area contributed by atoms with E-state index in [0.29, 0.717) is 18.2 Å². The van der Waals surface area contributed by atoms with Crippen molar-refractivity contribution in [1.29, 1.82) is 0 Å². The van der Waals surface area contributed by atoms with Gasteiger partial charge in [-0.25, -0.2) is 8.78 Å². The van der Waals surface area contributed by atoms with Crippen molar-refractivity contribution in [2.45, 2.75) is 13.5 Å². The summed E-state index contributed by atoms with van der Waals surface area (Å²) in [6.45, 7) is 3.21. The second-order valence-electron chi connectivity index (χ2n) is 4.42. The first-order valence-corrected chi connectivity index (χ1v) is 6.91. The number of pyridine rings is 1. The maximum atomic E-state index is 13.6. The van der Waals surface area contributed by atoms with Crippen LogP contribution in [0.2, 0.25) is 0 Å². The summed E-state index contributed by atoms with van der Waals surface area (Å²) >= 11 is 5.29. The van der Waals surface area contributed by atoms with Gasteiger partial charge in [-0.2, -0.15) is 0 Å². The van der Waals surface area contributed by atoms with Crippen molar-refractivity contribution >= 4 is 23.0 Å². The van der Waals surface area contributed by atoms with Crippen molar-refractivity contribution in [3.05, 3.63) is 59.9 Å². The monoisotopic (exact) mass is 307 g/mol. The molecule has 0 aliphatic carbocycles. The van der Waals surface area contributed by atoms with Crippen LogP contribution in [0.25, 0.3) is 0 Å². The van der Waals surface area contributed by atoms with Crippen molar-refractivity contribution in [1.82, 2.24) is 9.88 Å². The normalized spacial score (nSPS) is 10.2. The number of nitrogens with zero attached hydrogens (tertiary/aromatic N) is 2. The zero-order valence-corrected chi connectivity index (χ0v) is 12.3. The molecule has 0 fully saturated rings. The van der Waals surface area contributed by atoms with Crippen LogP contribution < -0.4 is 5.32 Å². The average Bonchev–Trinajstić information content (AvgIpc) is 2.48. The first-order valence-electron chi connectivity index (χ1n) is 6.50. The summed E-state index contributed by atoms with van der Waals surface area (Å²) in [5.41, 5.74) is 1.21. The molecule has 21 heavy (non-hydrogen) atoms. The second kappa shape index (κ2) is 7.08. The van der Waals surface area contributed by atoms with E-state index in [0.717, 1.165) is 11.6 Å². The Morgan fingerprint density at radius 2 is 1.95 bits per heavy atom. The van der Waals surface area contributed by atoms with E-state index in [2.05, 4.69) is 10.3 Å². The van der Waals surface area contributed by atoms with Crippen LogP contribution in [-0.4, -0.2) is 21.5 Å². The SMILES string of the molecule is CCN(Cc1ccncc1)C(=S)Nc1ccc(F)cc1F. The molecule has 0 unspecified atom stereocenters. The van der Waals surface area contributed by atoms with Crippen molar-refractivity contribution in [2.24, 2.45) is 0 Å². The zero-order chi connectivity index (χ0) is 15.2. The molecule has 0 bridgehead atoms. The second-order valence-corrected chi connectivity index (χ2v) is 4.81. The van der Waals surface area contributed by atoms with Crippen molar-refractivity contribution in [2.75, 3.05) is 11.9 Å². The molecule has 6 heteroatoms. The van der Waals surface area contributed by atoms with Crippen LogP contribution in [0.4, 0.5) is 14.5 Å². The number of nitrogens with one attached hydrogen (secondary N) is 1. The van der Waals surface area contributed by atoms with Gasteiger partial charge in [-0.05, 0) is 49.0 Å². The molecule has 1 N–H and O–H groups in total. The van der Waals surface area contributed by atoms with Crippen LogP contribution >= 0.6 is 12.2 Å². The molecule has 1 aromatic carbocycles. The Kier molecular flexibility index (Phi) is 5.16. The predicted molar refractivity (Wildman–Crippen MR) is 82.9 cm³/mol. The maximum Gasteiger partial charge on any atom is 0.173 e. The van der Waals surface area contributed by atoms with E-state index in [1.54, 1.807) is 12.4 Å². The molecule has 0 aliphatic heterocycles. The third kappa shape index (κ3) is 4.19. The summed E-state index contributed by atoms with van der Waals surface area (Å²) in [6.07, 6.45) is 3.42. The third-order valence-corrected chi connectivity index (χ3v) is 3.32. The van der Waals surface area contributed by atoms with Gasteiger partial charge in [0.25, 0.3) is 0 Å². The van der Waals surface area contributed by atoms with E-state index < -0.39 is 11.6 Å². The lowest BCUT2D eigenvalue weighted by Gasteiger charge is -2.24. The summed E-state index contributed by atoms with van der Waals surface area (Å²) in [4.78, 5) is 5.84. The summed E-state index contributed by atoms with van der Waals surface area (Å²) in [6, 6.07) is 7.13. The molecular formula is C15H15F2N3S. The van der Waals surface area contributed by atoms with E-state index in [1.807, 2.05) is 24.0 Å². The Balaban J connectivity index is 2.06. The van der Waals surface area contributed by atoms with E-state index in [9.17, 15) is 8.78 Å². The van der Waals surface area contributed by atoms with Crippen molar-refractivity contribution in [3.63, 3.8) is 0 Å². The molecular weight excluding hydrogens is 292 g/mol. The van der Waals surface area contributed by atoms with Crippen molar-refractivity contribution < 1.29 is 8.78 Å². The standard InChI is InChI=1S/C15H15F2N3S/c1-2-20(10-11-5-7-18-8-6-11)15(21)19-14-4-3-12(16)9-13(14)17/h3-9H,2,10H2,1H3,(H,19,21). The topological polar surface area (TPSA) is 28.2 Å². The minimum atomic E-state index is -0.669. The fourth-order valence-corrected chi connectivity index (χ4v) is 2.12. The van der Waals surface area contributed by atoms with E-state index in [4.69, 9.17) is 12.2 Å². The van der Waals surface area contributed by atoms with Crippen LogP contribution in [0.3, 0.4) is 0 Å². The van der Waals surface area contributed by atoms with Gasteiger partial charge in [-0.1, -0.05) is 0 Å². The third-order valence-electron chi connectivity index (χ3n) is 2.96. The maximum absolute atomic E-state index is 13.6. The minimum absolute atomic E-state index is 0.162. The van der Waals surface area contributed by atoms with Gasteiger partial charge in [0.15, 0.2) is 5.11 Å². The van der Waals surface area contributed by atoms with Crippen LogP contribution in [0.5, 0.6) is 0 Å². The lowest BCUT2D eigenvalue weighted by Crippen LogP contribution is -2.34. The number of hydrogen-bond acceptors (Lipinski definition) is 2. The van der Waals surface area contributed by atoms with Crippen LogP contribution in [0, 0.1) is 11.6 Å². The highest BCUT2D eigenvalue weighted by Crippen LogP contribution is 2.16. The molecule has 0 spiro atoms. The smallest absolute Gasteiger partial charge is 0.173 e. The quantitative estimate of drug-likeness (QED) is 0.874. The predicted octanol–water partition coefficient (Wildman–Crippen LogP) is 3.58. The van der Waals surface area contributed by atoms with E-state index in [-0.39, 0.29) is 5.69 Å². The molecule has 0 saturated carbocycles. The number of aromatic nitrogens is 1. The molecule has 2 aromatic rings. The van der Waals surface area contributed by atoms with Gasteiger partial charge in [0.2, 0.25) is 0 Å². The van der Waals surface area contributed by atoms with E-state index in [1.165, 1.54) is 12.1 Å². The van der Waals surface area contributed by atoms with Gasteiger partial charge < -0.3 is 10.2 Å². The van der Waals surface area contributed by atoms with Crippen LogP contribution in [0.1, 0.15) is 12.5 Å². The number of anilines is 1. The summed E-state index contributed by atoms with van der Waals surface area (Å²) in [7, 11) is 0. The Morgan fingerprint density at radius 3 is 2.57 bits per heavy atom. The van der Waals surface area contributed by atoms with Gasteiger partial charge in [0.1, 0.15) is 11.6 Å². The number of hydrogen-bond donors (Lipinski definition) is 1. The summed E-state index contributed by atoms with van der Waals surface area (Å²) in [5, 5.41) is 3.20. The Bertz CT molecular complexity index is 620. The number of halogens is 2. The highest BCUT2D eigenvalue weighted by atomic mass is 32.1. The summed E-state index contributed by atoms with van der Waals surface area (Å²) < 4.78 is 26.5. The van der Waals surface area contributed by atoms with Gasteiger partial charge in [0, 0.05) is 31.5 Å². The fraction of sp³-hybridized carbons (Fsp3) is 0.200. The van der Waals surface area contributed by atoms with Gasteiger partial charge in [0.05, 0.1) is 5.69 Å². The highest BCUT2D eigenvalue weighted by Gasteiger charge is 2.11. The largest absolute Gasteiger partial charge is 0.345 e. The lowest BCUT2D eigenvalue weighted by molar-refractivity contribution is 0.441. The Labute approximate surface area is 127 Å². The molecule has 0 amide bonds. The molecule has 3 nitrogen and oxygen atoms in total.